The SMILES string of the molecule is C[C@H]1CN(C(=O)c2ccccc2Cl)CCN1. The minimum Gasteiger partial charge on any atom is -0.336 e. The molecule has 0 aromatic heterocycles. The number of hydrogen-bond donors (Lipinski definition) is 1. The van der Waals surface area contributed by atoms with E-state index in [1.807, 2.05) is 17.0 Å². The Hall–Kier alpha value is -1.06. The second-order valence-electron chi connectivity index (χ2n) is 4.09. The van der Waals surface area contributed by atoms with Crippen molar-refractivity contribution in [2.45, 2.75) is 13.0 Å². The van der Waals surface area contributed by atoms with Crippen molar-refractivity contribution < 1.29 is 4.79 Å². The van der Waals surface area contributed by atoms with Crippen LogP contribution in [0.2, 0.25) is 5.02 Å². The number of rotatable bonds is 1. The summed E-state index contributed by atoms with van der Waals surface area (Å²) in [6, 6.07) is 7.54. The Morgan fingerprint density at radius 1 is 1.50 bits per heavy atom. The first-order valence-corrected chi connectivity index (χ1v) is 5.83. The summed E-state index contributed by atoms with van der Waals surface area (Å²) in [6.45, 7) is 4.40. The van der Waals surface area contributed by atoms with Crippen LogP contribution in [0.25, 0.3) is 0 Å². The zero-order chi connectivity index (χ0) is 11.5. The van der Waals surface area contributed by atoms with Crippen LogP contribution < -0.4 is 5.32 Å². The highest BCUT2D eigenvalue weighted by Gasteiger charge is 2.22. The van der Waals surface area contributed by atoms with E-state index < -0.39 is 0 Å². The van der Waals surface area contributed by atoms with Gasteiger partial charge in [0, 0.05) is 25.7 Å². The highest BCUT2D eigenvalue weighted by Crippen LogP contribution is 2.17. The summed E-state index contributed by atoms with van der Waals surface area (Å²) in [5.41, 5.74) is 0.596. The van der Waals surface area contributed by atoms with Crippen LogP contribution in [0.4, 0.5) is 0 Å². The van der Waals surface area contributed by atoms with Crippen LogP contribution >= 0.6 is 11.6 Å². The first-order chi connectivity index (χ1) is 7.68. The highest BCUT2D eigenvalue weighted by molar-refractivity contribution is 6.33. The van der Waals surface area contributed by atoms with Crippen molar-refractivity contribution >= 4 is 17.5 Å². The van der Waals surface area contributed by atoms with Gasteiger partial charge in [0.05, 0.1) is 10.6 Å². The van der Waals surface area contributed by atoms with Crippen LogP contribution in [0, 0.1) is 0 Å². The van der Waals surface area contributed by atoms with Crippen molar-refractivity contribution in [1.82, 2.24) is 10.2 Å². The van der Waals surface area contributed by atoms with Crippen molar-refractivity contribution in [3.05, 3.63) is 34.9 Å². The van der Waals surface area contributed by atoms with Crippen LogP contribution in [0.1, 0.15) is 17.3 Å². The number of hydrogen-bond acceptors (Lipinski definition) is 2. The van der Waals surface area contributed by atoms with Crippen LogP contribution in [0.15, 0.2) is 24.3 Å². The quantitative estimate of drug-likeness (QED) is 0.809. The molecule has 1 fully saturated rings. The average Bonchev–Trinajstić information content (AvgIpc) is 2.29. The number of carbonyl (C=O) groups excluding carboxylic acids is 1. The van der Waals surface area contributed by atoms with Crippen LogP contribution in [0.5, 0.6) is 0 Å². The molecular formula is C12H15ClN2O. The van der Waals surface area contributed by atoms with E-state index in [2.05, 4.69) is 12.2 Å². The van der Waals surface area contributed by atoms with E-state index in [1.165, 1.54) is 0 Å². The van der Waals surface area contributed by atoms with E-state index in [1.54, 1.807) is 12.1 Å². The minimum absolute atomic E-state index is 0.0268. The zero-order valence-corrected chi connectivity index (χ0v) is 10.00. The molecular weight excluding hydrogens is 224 g/mol. The van der Waals surface area contributed by atoms with Crippen LogP contribution in [0.3, 0.4) is 0 Å². The Bertz CT molecular complexity index is 394. The fraction of sp³-hybridized carbons (Fsp3) is 0.417. The number of nitrogens with one attached hydrogen (secondary N) is 1. The fourth-order valence-corrected chi connectivity index (χ4v) is 2.14. The standard InChI is InChI=1S/C12H15ClN2O/c1-9-8-15(7-6-14-9)12(16)10-4-2-3-5-11(10)13/h2-5,9,14H,6-8H2,1H3/t9-/m0/s1. The number of piperazine rings is 1. The zero-order valence-electron chi connectivity index (χ0n) is 9.24. The molecule has 1 aromatic carbocycles. The smallest absolute Gasteiger partial charge is 0.255 e. The second-order valence-corrected chi connectivity index (χ2v) is 4.49. The first-order valence-electron chi connectivity index (χ1n) is 5.45. The summed E-state index contributed by atoms with van der Waals surface area (Å²) in [5.74, 6) is 0.0268. The molecule has 86 valence electrons. The van der Waals surface area contributed by atoms with Crippen LogP contribution in [-0.4, -0.2) is 36.5 Å². The lowest BCUT2D eigenvalue weighted by Crippen LogP contribution is -2.51. The summed E-state index contributed by atoms with van der Waals surface area (Å²) >= 11 is 6.01. The van der Waals surface area contributed by atoms with Crippen molar-refractivity contribution in [2.24, 2.45) is 0 Å². The lowest BCUT2D eigenvalue weighted by Gasteiger charge is -2.32. The molecule has 1 atom stereocenters. The molecule has 4 heteroatoms. The molecule has 16 heavy (non-hydrogen) atoms. The number of carbonyl (C=O) groups is 1. The van der Waals surface area contributed by atoms with Gasteiger partial charge in [-0.05, 0) is 19.1 Å². The number of halogens is 1. The van der Waals surface area contributed by atoms with Gasteiger partial charge in [0.2, 0.25) is 0 Å². The highest BCUT2D eigenvalue weighted by atomic mass is 35.5. The van der Waals surface area contributed by atoms with Gasteiger partial charge in [-0.15, -0.1) is 0 Å². The predicted octanol–water partition coefficient (Wildman–Crippen LogP) is 1.77. The maximum atomic E-state index is 12.2. The van der Waals surface area contributed by atoms with Gasteiger partial charge >= 0.3 is 0 Å². The summed E-state index contributed by atoms with van der Waals surface area (Å²) < 4.78 is 0. The Morgan fingerprint density at radius 3 is 2.94 bits per heavy atom. The molecule has 1 amide bonds. The van der Waals surface area contributed by atoms with Crippen molar-refractivity contribution in [3.63, 3.8) is 0 Å². The van der Waals surface area contributed by atoms with Crippen LogP contribution in [-0.2, 0) is 0 Å². The number of nitrogens with zero attached hydrogens (tertiary/aromatic N) is 1. The fourth-order valence-electron chi connectivity index (χ4n) is 1.92. The van der Waals surface area contributed by atoms with Gasteiger partial charge in [-0.2, -0.15) is 0 Å². The predicted molar refractivity (Wildman–Crippen MR) is 64.8 cm³/mol. The maximum Gasteiger partial charge on any atom is 0.255 e. The molecule has 1 N–H and O–H groups in total. The molecule has 1 aliphatic rings. The number of benzene rings is 1. The third kappa shape index (κ3) is 2.36. The molecule has 0 aliphatic carbocycles. The summed E-state index contributed by atoms with van der Waals surface area (Å²) in [4.78, 5) is 14.0. The monoisotopic (exact) mass is 238 g/mol. The third-order valence-electron chi connectivity index (χ3n) is 2.76. The molecule has 0 saturated carbocycles. The van der Waals surface area contributed by atoms with E-state index in [0.29, 0.717) is 16.6 Å². The second kappa shape index (κ2) is 4.85. The number of amides is 1. The van der Waals surface area contributed by atoms with Crippen molar-refractivity contribution in [1.29, 1.82) is 0 Å². The van der Waals surface area contributed by atoms with E-state index in [9.17, 15) is 4.79 Å². The minimum atomic E-state index is 0.0268. The molecule has 2 rings (SSSR count). The van der Waals surface area contributed by atoms with Gasteiger partial charge < -0.3 is 10.2 Å². The molecule has 0 spiro atoms. The Labute approximate surface area is 100 Å². The van der Waals surface area contributed by atoms with E-state index in [0.717, 1.165) is 19.6 Å². The Kier molecular flexibility index (Phi) is 3.46. The summed E-state index contributed by atoms with van der Waals surface area (Å²) in [5, 5.41) is 3.83. The van der Waals surface area contributed by atoms with E-state index in [4.69, 9.17) is 11.6 Å². The molecule has 1 aromatic rings. The maximum absolute atomic E-state index is 12.2. The van der Waals surface area contributed by atoms with Gasteiger partial charge in [0.1, 0.15) is 0 Å². The van der Waals surface area contributed by atoms with Crippen molar-refractivity contribution in [3.8, 4) is 0 Å². The van der Waals surface area contributed by atoms with Gasteiger partial charge in [-0.25, -0.2) is 0 Å². The molecule has 0 radical (unpaired) electrons. The molecule has 0 bridgehead atoms. The molecule has 1 heterocycles. The topological polar surface area (TPSA) is 32.3 Å². The van der Waals surface area contributed by atoms with Gasteiger partial charge in [-0.1, -0.05) is 23.7 Å². The third-order valence-corrected chi connectivity index (χ3v) is 3.09. The molecule has 0 unspecified atom stereocenters. The largest absolute Gasteiger partial charge is 0.336 e. The van der Waals surface area contributed by atoms with Crippen molar-refractivity contribution in [2.75, 3.05) is 19.6 Å². The Morgan fingerprint density at radius 2 is 2.25 bits per heavy atom. The molecule has 1 saturated heterocycles. The lowest BCUT2D eigenvalue weighted by molar-refractivity contribution is 0.0709. The first kappa shape index (κ1) is 11.4. The van der Waals surface area contributed by atoms with E-state index in [-0.39, 0.29) is 5.91 Å². The molecule has 1 aliphatic heterocycles. The summed E-state index contributed by atoms with van der Waals surface area (Å²) in [6.07, 6.45) is 0. The van der Waals surface area contributed by atoms with E-state index >= 15 is 0 Å². The average molecular weight is 239 g/mol. The molecule has 3 nitrogen and oxygen atoms in total. The lowest BCUT2D eigenvalue weighted by atomic mass is 10.1. The normalized spacial score (nSPS) is 20.9. The van der Waals surface area contributed by atoms with Gasteiger partial charge in [0.25, 0.3) is 5.91 Å². The van der Waals surface area contributed by atoms with Gasteiger partial charge in [-0.3, -0.25) is 4.79 Å². The Balaban J connectivity index is 2.16. The summed E-state index contributed by atoms with van der Waals surface area (Å²) in [7, 11) is 0. The van der Waals surface area contributed by atoms with Gasteiger partial charge in [0.15, 0.2) is 0 Å².